The van der Waals surface area contributed by atoms with Crippen LogP contribution in [-0.4, -0.2) is 58.5 Å². The summed E-state index contributed by atoms with van der Waals surface area (Å²) in [4.78, 5) is 57.2. The van der Waals surface area contributed by atoms with E-state index < -0.39 is 53.5 Å². The monoisotopic (exact) mass is 550 g/mol. The molecule has 4 atom stereocenters. The molecule has 2 aromatic rings. The third-order valence-electron chi connectivity index (χ3n) is 7.23. The van der Waals surface area contributed by atoms with Gasteiger partial charge in [-0.3, -0.25) is 24.2 Å². The number of esters is 2. The number of rotatable bonds is 1. The smallest absolute Gasteiger partial charge is 0.325 e. The zero-order chi connectivity index (χ0) is 29.2. The fourth-order valence-electron chi connectivity index (χ4n) is 4.64. The van der Waals surface area contributed by atoms with Crippen LogP contribution < -0.4 is 10.7 Å². The van der Waals surface area contributed by atoms with Crippen molar-refractivity contribution in [1.82, 2.24) is 20.7 Å². The number of hydrazine groups is 1. The molecule has 1 saturated heterocycles. The summed E-state index contributed by atoms with van der Waals surface area (Å²) in [5.74, 6) is -2.35. The van der Waals surface area contributed by atoms with E-state index in [0.717, 1.165) is 10.9 Å². The number of carbonyl (C=O) groups is 4. The second kappa shape index (κ2) is 11.8. The van der Waals surface area contributed by atoms with Gasteiger partial charge in [0.2, 0.25) is 0 Å². The standard InChI is InChI=1S/C30H38N4O6/c1-17(2)25-26(35)31-18(3)27(36)34-15-7-8-23(33-34)28(37)39-19(4)22-12-11-21-10-9-20(16-24(21)32-22)13-14-30(5,6)29(38)40-25/h9-14,16-19,23,25,33H,7-8,15H2,1-6H3,(H,31,35)/b14-13+/t18-,19+,23-,25?/m0/s1. The average molecular weight is 551 g/mol. The summed E-state index contributed by atoms with van der Waals surface area (Å²) in [6.07, 6.45) is 2.92. The number of aromatic nitrogens is 1. The number of hydrogen-bond donors (Lipinski definition) is 2. The molecule has 0 radical (unpaired) electrons. The van der Waals surface area contributed by atoms with Crippen molar-refractivity contribution in [2.24, 2.45) is 11.3 Å². The van der Waals surface area contributed by atoms with Crippen molar-refractivity contribution in [2.75, 3.05) is 6.54 Å². The van der Waals surface area contributed by atoms with Crippen LogP contribution >= 0.6 is 0 Å². The van der Waals surface area contributed by atoms with Gasteiger partial charge in [0, 0.05) is 11.9 Å². The summed E-state index contributed by atoms with van der Waals surface area (Å²) < 4.78 is 11.4. The Morgan fingerprint density at radius 3 is 2.50 bits per heavy atom. The summed E-state index contributed by atoms with van der Waals surface area (Å²) in [6.45, 7) is 10.7. The molecule has 1 aromatic heterocycles. The Balaban J connectivity index is 1.70. The van der Waals surface area contributed by atoms with Gasteiger partial charge in [-0.25, -0.2) is 10.4 Å². The Kier molecular flexibility index (Phi) is 8.58. The van der Waals surface area contributed by atoms with Gasteiger partial charge in [0.25, 0.3) is 11.8 Å². The van der Waals surface area contributed by atoms with E-state index in [1.807, 2.05) is 36.4 Å². The molecule has 0 spiro atoms. The van der Waals surface area contributed by atoms with Crippen molar-refractivity contribution in [3.05, 3.63) is 47.7 Å². The van der Waals surface area contributed by atoms with Crippen LogP contribution in [0.3, 0.4) is 0 Å². The Morgan fingerprint density at radius 1 is 1.05 bits per heavy atom. The van der Waals surface area contributed by atoms with Gasteiger partial charge in [-0.2, -0.15) is 0 Å². The lowest BCUT2D eigenvalue weighted by Crippen LogP contribution is -2.60. The number of amides is 2. The first kappa shape index (κ1) is 29.2. The summed E-state index contributed by atoms with van der Waals surface area (Å²) in [6, 6.07) is 7.85. The third kappa shape index (κ3) is 6.50. The van der Waals surface area contributed by atoms with Crippen molar-refractivity contribution in [3.8, 4) is 0 Å². The number of carbonyl (C=O) groups excluding carboxylic acids is 4. The third-order valence-corrected chi connectivity index (χ3v) is 7.23. The minimum atomic E-state index is -1.09. The summed E-state index contributed by atoms with van der Waals surface area (Å²) >= 11 is 0. The molecule has 10 nitrogen and oxygen atoms in total. The molecule has 5 bridgehead atoms. The second-order valence-corrected chi connectivity index (χ2v) is 11.4. The Hall–Kier alpha value is -3.79. The molecule has 2 N–H and O–H groups in total. The number of benzene rings is 1. The zero-order valence-electron chi connectivity index (χ0n) is 23.9. The highest BCUT2D eigenvalue weighted by Gasteiger charge is 2.36. The van der Waals surface area contributed by atoms with Crippen molar-refractivity contribution < 1.29 is 28.7 Å². The fraction of sp³-hybridized carbons (Fsp3) is 0.500. The summed E-state index contributed by atoms with van der Waals surface area (Å²) in [5, 5.41) is 4.94. The van der Waals surface area contributed by atoms with E-state index >= 15 is 0 Å². The van der Waals surface area contributed by atoms with Crippen LogP contribution in [0.2, 0.25) is 0 Å². The summed E-state index contributed by atoms with van der Waals surface area (Å²) in [7, 11) is 0. The molecule has 2 aliphatic heterocycles. The van der Waals surface area contributed by atoms with Crippen LogP contribution in [0.4, 0.5) is 0 Å². The number of ether oxygens (including phenoxy) is 2. The number of hydrogen-bond acceptors (Lipinski definition) is 8. The SMILES string of the molecule is CC(C)C1OC(=O)C(C)(C)/C=C/c2ccc3ccc(nc3c2)[C@@H](C)OC(=O)[C@@H]2CCCN(N2)C(=O)[C@H](C)NC1=O. The van der Waals surface area contributed by atoms with Crippen LogP contribution in [0.25, 0.3) is 17.0 Å². The number of nitrogens with zero attached hydrogens (tertiary/aromatic N) is 2. The number of pyridine rings is 1. The zero-order valence-corrected chi connectivity index (χ0v) is 23.9. The maximum absolute atomic E-state index is 13.2. The molecular formula is C30H38N4O6. The first-order valence-corrected chi connectivity index (χ1v) is 13.7. The fourth-order valence-corrected chi connectivity index (χ4v) is 4.64. The Morgan fingerprint density at radius 2 is 1.77 bits per heavy atom. The van der Waals surface area contributed by atoms with Gasteiger partial charge >= 0.3 is 11.9 Å². The minimum absolute atomic E-state index is 0.331. The molecule has 1 aromatic carbocycles. The average Bonchev–Trinajstić information content (AvgIpc) is 2.92. The topological polar surface area (TPSA) is 127 Å². The first-order chi connectivity index (χ1) is 18.9. The minimum Gasteiger partial charge on any atom is -0.455 e. The molecule has 1 fully saturated rings. The molecule has 0 saturated carbocycles. The first-order valence-electron chi connectivity index (χ1n) is 13.7. The van der Waals surface area contributed by atoms with E-state index in [1.54, 1.807) is 47.6 Å². The van der Waals surface area contributed by atoms with Gasteiger partial charge in [0.05, 0.1) is 16.6 Å². The van der Waals surface area contributed by atoms with E-state index in [-0.39, 0.29) is 5.92 Å². The van der Waals surface area contributed by atoms with Gasteiger partial charge in [-0.15, -0.1) is 0 Å². The molecule has 214 valence electrons. The van der Waals surface area contributed by atoms with Crippen LogP contribution in [0, 0.1) is 11.3 Å². The van der Waals surface area contributed by atoms with E-state index in [4.69, 9.17) is 14.5 Å². The van der Waals surface area contributed by atoms with E-state index in [1.165, 1.54) is 5.01 Å². The van der Waals surface area contributed by atoms with Crippen LogP contribution in [-0.2, 0) is 28.7 Å². The van der Waals surface area contributed by atoms with Crippen molar-refractivity contribution in [1.29, 1.82) is 0 Å². The van der Waals surface area contributed by atoms with Gasteiger partial charge in [-0.1, -0.05) is 44.2 Å². The normalized spacial score (nSPS) is 27.2. The van der Waals surface area contributed by atoms with Crippen molar-refractivity contribution in [3.63, 3.8) is 0 Å². The van der Waals surface area contributed by atoms with Crippen LogP contribution in [0.1, 0.15) is 71.7 Å². The second-order valence-electron chi connectivity index (χ2n) is 11.4. The van der Waals surface area contributed by atoms with E-state index in [0.29, 0.717) is 30.6 Å². The lowest BCUT2D eigenvalue weighted by molar-refractivity contribution is -0.165. The van der Waals surface area contributed by atoms with Gasteiger partial charge < -0.3 is 14.8 Å². The molecular weight excluding hydrogens is 512 g/mol. The van der Waals surface area contributed by atoms with E-state index in [2.05, 4.69) is 10.7 Å². The lowest BCUT2D eigenvalue weighted by Gasteiger charge is -2.35. The van der Waals surface area contributed by atoms with E-state index in [9.17, 15) is 19.2 Å². The predicted molar refractivity (Wildman–Crippen MR) is 149 cm³/mol. The number of cyclic esters (lactones) is 2. The highest BCUT2D eigenvalue weighted by molar-refractivity contribution is 5.91. The predicted octanol–water partition coefficient (Wildman–Crippen LogP) is 3.46. The van der Waals surface area contributed by atoms with Gasteiger partial charge in [0.1, 0.15) is 18.2 Å². The molecule has 10 heteroatoms. The maximum Gasteiger partial charge on any atom is 0.325 e. The number of fused-ring (bicyclic) bond motifs is 4. The molecule has 3 heterocycles. The largest absolute Gasteiger partial charge is 0.455 e. The molecule has 0 aliphatic carbocycles. The molecule has 2 amide bonds. The Bertz CT molecular complexity index is 1340. The quantitative estimate of drug-likeness (QED) is 0.517. The van der Waals surface area contributed by atoms with Gasteiger partial charge in [-0.05, 0) is 64.2 Å². The van der Waals surface area contributed by atoms with Crippen molar-refractivity contribution in [2.45, 2.75) is 78.7 Å². The maximum atomic E-state index is 13.2. The van der Waals surface area contributed by atoms with Crippen LogP contribution in [0.5, 0.6) is 0 Å². The molecule has 2 aliphatic rings. The number of nitrogens with one attached hydrogen (secondary N) is 2. The van der Waals surface area contributed by atoms with Crippen molar-refractivity contribution >= 4 is 40.7 Å². The molecule has 4 rings (SSSR count). The highest BCUT2D eigenvalue weighted by atomic mass is 16.6. The molecule has 40 heavy (non-hydrogen) atoms. The Labute approximate surface area is 234 Å². The van der Waals surface area contributed by atoms with Crippen LogP contribution in [0.15, 0.2) is 36.4 Å². The lowest BCUT2D eigenvalue weighted by atomic mass is 9.92. The highest BCUT2D eigenvalue weighted by Crippen LogP contribution is 2.26. The summed E-state index contributed by atoms with van der Waals surface area (Å²) in [5.41, 5.74) is 4.06. The van der Waals surface area contributed by atoms with Gasteiger partial charge in [0.15, 0.2) is 6.10 Å². The molecule has 1 unspecified atom stereocenters.